The second-order valence-corrected chi connectivity index (χ2v) is 47.6. The molecule has 139 heavy (non-hydrogen) atoms. The van der Waals surface area contributed by atoms with Crippen molar-refractivity contribution in [3.63, 3.8) is 0 Å². The summed E-state index contributed by atoms with van der Waals surface area (Å²) in [4.78, 5) is 53.9. The Kier molecular flexibility index (Phi) is 25.6. The number of hydrogen-bond acceptors (Lipinski definition) is 9. The first-order valence-electron chi connectivity index (χ1n) is 51.6. The third-order valence-electron chi connectivity index (χ3n) is 36.3. The number of aryl methyl sites for hydroxylation is 8. The number of carbonyl (C=O) groups is 4. The number of benzene rings is 8. The first kappa shape index (κ1) is 94.6. The number of rotatable bonds is 20. The van der Waals surface area contributed by atoms with Crippen LogP contribution < -0.4 is 21.3 Å². The first-order valence-corrected chi connectivity index (χ1v) is 53.2. The van der Waals surface area contributed by atoms with E-state index in [-0.39, 0.29) is 23.6 Å². The molecule has 8 aromatic carbocycles. The second-order valence-electron chi connectivity index (χ2n) is 45.8. The molecule has 5 aromatic heterocycles. The van der Waals surface area contributed by atoms with Gasteiger partial charge in [0.15, 0.2) is 28.4 Å². The number of nitrogens with one attached hydrogen (secondary N) is 4. The van der Waals surface area contributed by atoms with Gasteiger partial charge in [-0.05, 0) is 318 Å². The lowest BCUT2D eigenvalue weighted by Gasteiger charge is -2.60. The number of amides is 4. The van der Waals surface area contributed by atoms with Crippen molar-refractivity contribution in [1.82, 2.24) is 60.4 Å². The molecule has 15 aliphatic carbocycles. The fraction of sp³-hybridized carbons (Fsp3) is 0.462. The lowest BCUT2D eigenvalue weighted by atomic mass is 9.45. The first-order chi connectivity index (χ1) is 66.7. The number of carbonyl (C=O) groups excluding carboxylic acids is 4. The lowest BCUT2D eigenvalue weighted by molar-refractivity contribution is -0.103. The Bertz CT molecular complexity index is 6420. The summed E-state index contributed by atoms with van der Waals surface area (Å²) in [5, 5.41) is 34.9. The Morgan fingerprint density at radius 3 is 1.01 bits per heavy atom. The van der Waals surface area contributed by atoms with Gasteiger partial charge in [0.2, 0.25) is 0 Å². The molecule has 15 aliphatic rings. The Morgan fingerprint density at radius 1 is 0.353 bits per heavy atom. The van der Waals surface area contributed by atoms with Crippen molar-refractivity contribution in [2.45, 2.75) is 232 Å². The van der Waals surface area contributed by atoms with E-state index in [1.54, 1.807) is 6.07 Å². The van der Waals surface area contributed by atoms with E-state index < -0.39 is 0 Å². The molecule has 12 fully saturated rings. The van der Waals surface area contributed by atoms with Gasteiger partial charge in [-0.3, -0.25) is 37.9 Å². The number of fused-ring (bicyclic) bond motifs is 20. The van der Waals surface area contributed by atoms with Crippen molar-refractivity contribution in [3.05, 3.63) is 291 Å². The van der Waals surface area contributed by atoms with Gasteiger partial charge in [-0.2, -0.15) is 20.4 Å². The molecule has 4 N–H and O–H groups in total. The molecule has 8 bridgehead atoms. The van der Waals surface area contributed by atoms with Gasteiger partial charge in [0, 0.05) is 85.5 Å². The lowest BCUT2D eigenvalue weighted by Crippen LogP contribution is -2.54. The zero-order chi connectivity index (χ0) is 96.6. The molecule has 12 unspecified atom stereocenters. The van der Waals surface area contributed by atoms with Crippen LogP contribution in [0.15, 0.2) is 179 Å². The van der Waals surface area contributed by atoms with Crippen molar-refractivity contribution < 1.29 is 23.6 Å². The molecule has 20 heteroatoms. The van der Waals surface area contributed by atoms with Crippen LogP contribution in [0.5, 0.6) is 0 Å². The predicted octanol–water partition coefficient (Wildman–Crippen LogP) is 25.7. The van der Waals surface area contributed by atoms with Gasteiger partial charge in [-0.25, -0.2) is 0 Å². The van der Waals surface area contributed by atoms with E-state index in [4.69, 9.17) is 48.0 Å². The van der Waals surface area contributed by atoms with Crippen molar-refractivity contribution in [2.24, 2.45) is 92.7 Å². The summed E-state index contributed by atoms with van der Waals surface area (Å²) in [5.74, 6) is 8.46. The minimum atomic E-state index is -0.169. The maximum atomic E-state index is 13.5. The third-order valence-corrected chi connectivity index (χ3v) is 37.3. The quantitative estimate of drug-likeness (QED) is 0.0573. The van der Waals surface area contributed by atoms with Crippen LogP contribution in [-0.2, 0) is 64.7 Å². The highest BCUT2D eigenvalue weighted by Crippen LogP contribution is 2.65. The summed E-state index contributed by atoms with van der Waals surface area (Å²) in [6, 6.07) is 58.9. The summed E-state index contributed by atoms with van der Waals surface area (Å²) in [7, 11) is 0. The monoisotopic (exact) mass is 1960 g/mol. The van der Waals surface area contributed by atoms with Gasteiger partial charge in [0.25, 0.3) is 23.6 Å². The number of halogens is 3. The highest BCUT2D eigenvalue weighted by atomic mass is 79.9. The molecule has 17 nitrogen and oxygen atoms in total. The van der Waals surface area contributed by atoms with Gasteiger partial charge in [0.05, 0.1) is 43.3 Å². The SMILES string of the molecule is Cc1ccc(Cn2nc(C(=O)NCC3CCC4CC3C4(C)C)c3c2-c2ccc(Br)cc2CC3)cc1.Cc1ccc(Cn2nc(C(=O)NCC3CCC4CC3C4(C)C)c3c2-c2ccc(C)cc2CC3)cc1.Cc1ccc(Cn2nc(C(=O)NCC3CCC4CC3C4(C)C)c3c2-c2ccc(Cl)cc2CC3)cc1.Cc1ccc(Cn2nc(C(=O)NCC3CCC4CC3C4(C)C)c3oc4cc(Cl)ccc4c32)cc1. The van der Waals surface area contributed by atoms with Crippen LogP contribution in [0, 0.1) is 127 Å². The zero-order valence-corrected chi connectivity index (χ0v) is 86.3. The maximum Gasteiger partial charge on any atom is 0.275 e. The van der Waals surface area contributed by atoms with Crippen LogP contribution in [0.1, 0.15) is 258 Å². The summed E-state index contributed by atoms with van der Waals surface area (Å²) < 4.78 is 15.3. The van der Waals surface area contributed by atoms with Crippen LogP contribution in [-0.4, -0.2) is 88.9 Å². The van der Waals surface area contributed by atoms with Crippen molar-refractivity contribution in [2.75, 3.05) is 26.2 Å². The van der Waals surface area contributed by atoms with Crippen molar-refractivity contribution >= 4 is 84.8 Å². The van der Waals surface area contributed by atoms with Crippen LogP contribution in [0.4, 0.5) is 0 Å². The van der Waals surface area contributed by atoms with Gasteiger partial charge < -0.3 is 25.7 Å². The molecule has 12 atom stereocenters. The van der Waals surface area contributed by atoms with Gasteiger partial charge >= 0.3 is 0 Å². The van der Waals surface area contributed by atoms with Crippen LogP contribution in [0.25, 0.3) is 55.8 Å². The van der Waals surface area contributed by atoms with E-state index in [0.29, 0.717) is 123 Å². The molecule has 0 radical (unpaired) electrons. The molecule has 4 amide bonds. The minimum Gasteiger partial charge on any atom is -0.452 e. The molecule has 722 valence electrons. The normalized spacial score (nSPS) is 23.6. The average Bonchev–Trinajstić information content (AvgIpc) is 1.68. The zero-order valence-electron chi connectivity index (χ0n) is 83.2. The topological polar surface area (TPSA) is 201 Å². The Hall–Kier alpha value is -10.7. The summed E-state index contributed by atoms with van der Waals surface area (Å²) >= 11 is 16.1. The fourth-order valence-corrected chi connectivity index (χ4v) is 28.2. The smallest absolute Gasteiger partial charge is 0.275 e. The molecule has 0 aliphatic heterocycles. The average molecular weight is 1960 g/mol. The minimum absolute atomic E-state index is 0.00118. The maximum absolute atomic E-state index is 13.5. The molecular formula is C119H135BrCl2N12O5. The van der Waals surface area contributed by atoms with Gasteiger partial charge in [-0.15, -0.1) is 0 Å². The van der Waals surface area contributed by atoms with Crippen LogP contribution in [0.3, 0.4) is 0 Å². The number of nitrogens with zero attached hydrogens (tertiary/aromatic N) is 8. The fourth-order valence-electron chi connectivity index (χ4n) is 27.4. The molecule has 12 saturated carbocycles. The summed E-state index contributed by atoms with van der Waals surface area (Å²) in [6.45, 7) is 35.3. The van der Waals surface area contributed by atoms with E-state index in [1.807, 2.05) is 27.6 Å². The molecule has 0 saturated heterocycles. The van der Waals surface area contributed by atoms with Gasteiger partial charge in [-0.1, -0.05) is 250 Å². The number of furan rings is 1. The van der Waals surface area contributed by atoms with E-state index in [1.165, 1.54) is 149 Å². The molecular weight excluding hydrogens is 1830 g/mol. The highest BCUT2D eigenvalue weighted by Gasteiger charge is 2.58. The summed E-state index contributed by atoms with van der Waals surface area (Å²) in [5.41, 5.74) is 30.8. The van der Waals surface area contributed by atoms with Crippen molar-refractivity contribution in [1.29, 1.82) is 0 Å². The van der Waals surface area contributed by atoms with Gasteiger partial charge in [0.1, 0.15) is 11.1 Å². The Labute approximate surface area is 837 Å². The standard InChI is InChI=1S/C31H37N3O.C30H34BrN3O.C30H34ClN3O.C28H30ClN3O2/c1-19-5-8-21(9-6-19)18-34-29-25-13-7-20(2)15-22(25)11-14-26(29)28(33-34)30(35)32-17-23-10-12-24-16-27(23)31(24,3)4;2*1-18-4-6-19(7-5-18)17-34-28-24-13-11-23(31)14-20(24)9-12-25(28)27(33-34)29(35)32-16-21-8-10-22-15-26(21)30(22,2)3;1-16-4-6-17(7-5-16)15-32-25-21-11-10-20(29)13-23(21)34-26(25)24(31-32)27(33)30-14-18-8-9-19-12-22(18)28(19,2)3/h5-9,13,15,23-24,27H,10-12,14,16-18H2,1-4H3,(H,32,35);2*4-7,11,13-14,21-22,26H,8-10,12,15-17H2,1-3H3,(H,32,35);4-7,10-11,13,18-19,22H,8-9,12,14-15H2,1-3H3,(H,30,33). The largest absolute Gasteiger partial charge is 0.452 e. The Morgan fingerprint density at radius 2 is 0.655 bits per heavy atom. The predicted molar refractivity (Wildman–Crippen MR) is 560 cm³/mol. The number of hydrogen-bond donors (Lipinski definition) is 4. The molecule has 5 heterocycles. The van der Waals surface area contributed by atoms with E-state index >= 15 is 0 Å². The van der Waals surface area contributed by atoms with Crippen molar-refractivity contribution in [3.8, 4) is 33.8 Å². The summed E-state index contributed by atoms with van der Waals surface area (Å²) in [6.07, 6.45) is 20.6. The molecule has 0 spiro atoms. The number of aromatic nitrogens is 8. The van der Waals surface area contributed by atoms with E-state index in [9.17, 15) is 19.2 Å². The van der Waals surface area contributed by atoms with E-state index in [0.717, 1.165) is 165 Å². The third kappa shape index (κ3) is 18.1. The second kappa shape index (κ2) is 37.7. The van der Waals surface area contributed by atoms with Crippen LogP contribution in [0.2, 0.25) is 10.0 Å². The Balaban J connectivity index is 0.000000110. The van der Waals surface area contributed by atoms with Crippen LogP contribution >= 0.6 is 39.1 Å². The van der Waals surface area contributed by atoms with E-state index in [2.05, 4.69) is 282 Å². The molecule has 28 rings (SSSR count). The highest BCUT2D eigenvalue weighted by molar-refractivity contribution is 9.10. The molecule has 13 aromatic rings.